The summed E-state index contributed by atoms with van der Waals surface area (Å²) in [5, 5.41) is 0. The molecular weight excluding hydrogens is 194 g/mol. The Morgan fingerprint density at radius 3 is 2.88 bits per heavy atom. The van der Waals surface area contributed by atoms with E-state index in [1.807, 2.05) is 0 Å². The van der Waals surface area contributed by atoms with Crippen molar-refractivity contribution in [2.24, 2.45) is 11.7 Å². The summed E-state index contributed by atoms with van der Waals surface area (Å²) in [6.45, 7) is 4.62. The average molecular weight is 223 g/mol. The van der Waals surface area contributed by atoms with Gasteiger partial charge in [-0.2, -0.15) is 0 Å². The predicted molar refractivity (Wildman–Crippen MR) is 72.4 cm³/mol. The Morgan fingerprint density at radius 1 is 1.38 bits per heavy atom. The van der Waals surface area contributed by atoms with Crippen molar-refractivity contribution in [3.8, 4) is 0 Å². The normalized spacial score (nSPS) is 23.7. The van der Waals surface area contributed by atoms with Gasteiger partial charge in [-0.25, -0.2) is 0 Å². The van der Waals surface area contributed by atoms with Gasteiger partial charge in [-0.15, -0.1) is 0 Å². The number of hydrogen-bond donors (Lipinski definition) is 1. The first-order valence-corrected chi connectivity index (χ1v) is 7.21. The van der Waals surface area contributed by atoms with Gasteiger partial charge < -0.3 is 5.73 Å². The summed E-state index contributed by atoms with van der Waals surface area (Å²) in [4.78, 5) is 0. The van der Waals surface area contributed by atoms with E-state index in [0.29, 0.717) is 6.04 Å². The van der Waals surface area contributed by atoms with E-state index in [1.54, 1.807) is 5.57 Å². The molecule has 0 aromatic rings. The first-order chi connectivity index (χ1) is 7.76. The standard InChI is InChI=1S/C15H29N/c1-3-5-8-13(4-2)11-14-9-6-7-10-15(16)12-14/h12-13,15H,3-11,16H2,1-2H3. The number of rotatable bonds is 6. The van der Waals surface area contributed by atoms with Crippen LogP contribution in [-0.4, -0.2) is 6.04 Å². The molecule has 1 nitrogen and oxygen atoms in total. The van der Waals surface area contributed by atoms with Crippen molar-refractivity contribution >= 4 is 0 Å². The van der Waals surface area contributed by atoms with Crippen molar-refractivity contribution in [2.45, 2.75) is 77.7 Å². The van der Waals surface area contributed by atoms with Gasteiger partial charge >= 0.3 is 0 Å². The molecule has 2 atom stereocenters. The zero-order valence-corrected chi connectivity index (χ0v) is 11.2. The van der Waals surface area contributed by atoms with Crippen LogP contribution in [0.3, 0.4) is 0 Å². The molecule has 0 amide bonds. The summed E-state index contributed by atoms with van der Waals surface area (Å²) in [5.41, 5.74) is 7.71. The Hall–Kier alpha value is -0.300. The molecule has 0 spiro atoms. The second-order valence-corrected chi connectivity index (χ2v) is 5.36. The highest BCUT2D eigenvalue weighted by Gasteiger charge is 2.12. The fourth-order valence-electron chi connectivity index (χ4n) is 2.69. The van der Waals surface area contributed by atoms with Crippen LogP contribution in [0.5, 0.6) is 0 Å². The lowest BCUT2D eigenvalue weighted by Gasteiger charge is -2.16. The van der Waals surface area contributed by atoms with Crippen LogP contribution in [0.4, 0.5) is 0 Å². The third-order valence-electron chi connectivity index (χ3n) is 3.83. The number of allylic oxidation sites excluding steroid dienone is 1. The Morgan fingerprint density at radius 2 is 2.19 bits per heavy atom. The van der Waals surface area contributed by atoms with Crippen molar-refractivity contribution in [1.82, 2.24) is 0 Å². The summed E-state index contributed by atoms with van der Waals surface area (Å²) >= 11 is 0. The van der Waals surface area contributed by atoms with Crippen LogP contribution >= 0.6 is 0 Å². The van der Waals surface area contributed by atoms with Crippen LogP contribution in [-0.2, 0) is 0 Å². The van der Waals surface area contributed by atoms with Gasteiger partial charge in [0, 0.05) is 6.04 Å². The highest BCUT2D eigenvalue weighted by molar-refractivity contribution is 5.09. The highest BCUT2D eigenvalue weighted by Crippen LogP contribution is 2.26. The molecule has 0 bridgehead atoms. The van der Waals surface area contributed by atoms with Crippen molar-refractivity contribution in [3.05, 3.63) is 11.6 Å². The molecular formula is C15H29N. The molecule has 0 aromatic carbocycles. The molecule has 0 aliphatic heterocycles. The fourth-order valence-corrected chi connectivity index (χ4v) is 2.69. The van der Waals surface area contributed by atoms with E-state index >= 15 is 0 Å². The minimum absolute atomic E-state index is 0.334. The zero-order valence-electron chi connectivity index (χ0n) is 11.2. The van der Waals surface area contributed by atoms with Crippen LogP contribution in [0, 0.1) is 5.92 Å². The Kier molecular flexibility index (Phi) is 6.79. The molecule has 1 aliphatic carbocycles. The van der Waals surface area contributed by atoms with Crippen LogP contribution in [0.1, 0.15) is 71.6 Å². The fraction of sp³-hybridized carbons (Fsp3) is 0.867. The molecule has 16 heavy (non-hydrogen) atoms. The average Bonchev–Trinajstić information content (AvgIpc) is 2.48. The SMILES string of the molecule is CCCCC(CC)CC1=CC(N)CCCC1. The Bertz CT molecular complexity index is 207. The first kappa shape index (κ1) is 13.8. The minimum atomic E-state index is 0.334. The second kappa shape index (κ2) is 7.89. The van der Waals surface area contributed by atoms with E-state index in [2.05, 4.69) is 19.9 Å². The number of hydrogen-bond acceptors (Lipinski definition) is 1. The summed E-state index contributed by atoms with van der Waals surface area (Å²) in [7, 11) is 0. The maximum Gasteiger partial charge on any atom is 0.0226 e. The van der Waals surface area contributed by atoms with Crippen molar-refractivity contribution < 1.29 is 0 Å². The van der Waals surface area contributed by atoms with Gasteiger partial charge in [0.05, 0.1) is 0 Å². The van der Waals surface area contributed by atoms with Gasteiger partial charge in [-0.05, 0) is 31.6 Å². The monoisotopic (exact) mass is 223 g/mol. The van der Waals surface area contributed by atoms with Gasteiger partial charge in [-0.3, -0.25) is 0 Å². The Labute approximate surface area is 101 Å². The zero-order chi connectivity index (χ0) is 11.8. The molecule has 2 unspecified atom stereocenters. The Balaban J connectivity index is 2.42. The van der Waals surface area contributed by atoms with E-state index in [4.69, 9.17) is 5.73 Å². The predicted octanol–water partition coefficient (Wildman–Crippen LogP) is 4.42. The quantitative estimate of drug-likeness (QED) is 0.663. The third-order valence-corrected chi connectivity index (χ3v) is 3.83. The molecule has 1 heteroatoms. The molecule has 1 rings (SSSR count). The molecule has 0 saturated heterocycles. The van der Waals surface area contributed by atoms with Crippen LogP contribution in [0.2, 0.25) is 0 Å². The van der Waals surface area contributed by atoms with E-state index in [0.717, 1.165) is 5.92 Å². The molecule has 2 N–H and O–H groups in total. The minimum Gasteiger partial charge on any atom is -0.324 e. The largest absolute Gasteiger partial charge is 0.324 e. The lowest BCUT2D eigenvalue weighted by molar-refractivity contribution is 0.442. The van der Waals surface area contributed by atoms with E-state index in [1.165, 1.54) is 57.8 Å². The molecule has 0 radical (unpaired) electrons. The van der Waals surface area contributed by atoms with E-state index < -0.39 is 0 Å². The number of unbranched alkanes of at least 4 members (excludes halogenated alkanes) is 1. The lowest BCUT2D eigenvalue weighted by atomic mass is 9.90. The van der Waals surface area contributed by atoms with E-state index in [9.17, 15) is 0 Å². The number of nitrogens with two attached hydrogens (primary N) is 1. The highest BCUT2D eigenvalue weighted by atomic mass is 14.6. The molecule has 0 saturated carbocycles. The van der Waals surface area contributed by atoms with Crippen molar-refractivity contribution in [2.75, 3.05) is 0 Å². The topological polar surface area (TPSA) is 26.0 Å². The second-order valence-electron chi connectivity index (χ2n) is 5.36. The molecule has 94 valence electrons. The van der Waals surface area contributed by atoms with Crippen LogP contribution in [0.25, 0.3) is 0 Å². The smallest absolute Gasteiger partial charge is 0.0226 e. The van der Waals surface area contributed by atoms with Crippen molar-refractivity contribution in [3.63, 3.8) is 0 Å². The molecule has 1 aliphatic rings. The summed E-state index contributed by atoms with van der Waals surface area (Å²) < 4.78 is 0. The van der Waals surface area contributed by atoms with Gasteiger partial charge in [0.25, 0.3) is 0 Å². The molecule has 0 aromatic heterocycles. The van der Waals surface area contributed by atoms with Crippen LogP contribution in [0.15, 0.2) is 11.6 Å². The summed E-state index contributed by atoms with van der Waals surface area (Å²) in [6.07, 6.45) is 14.3. The van der Waals surface area contributed by atoms with Crippen LogP contribution < -0.4 is 5.73 Å². The maximum atomic E-state index is 6.07. The van der Waals surface area contributed by atoms with Gasteiger partial charge in [0.1, 0.15) is 0 Å². The van der Waals surface area contributed by atoms with E-state index in [-0.39, 0.29) is 0 Å². The third kappa shape index (κ3) is 5.16. The lowest BCUT2D eigenvalue weighted by Crippen LogP contribution is -2.16. The summed E-state index contributed by atoms with van der Waals surface area (Å²) in [6, 6.07) is 0.334. The van der Waals surface area contributed by atoms with Gasteiger partial charge in [-0.1, -0.05) is 57.6 Å². The van der Waals surface area contributed by atoms with Crippen molar-refractivity contribution in [1.29, 1.82) is 0 Å². The van der Waals surface area contributed by atoms with Gasteiger partial charge in [0.2, 0.25) is 0 Å². The molecule has 0 fully saturated rings. The first-order valence-electron chi connectivity index (χ1n) is 7.21. The van der Waals surface area contributed by atoms with Gasteiger partial charge in [0.15, 0.2) is 0 Å². The summed E-state index contributed by atoms with van der Waals surface area (Å²) in [5.74, 6) is 0.900. The molecule has 0 heterocycles. The maximum absolute atomic E-state index is 6.07.